The molecule has 3 aromatic rings. The Balaban J connectivity index is 0.000000518. The monoisotopic (exact) mass is 476 g/mol. The van der Waals surface area contributed by atoms with Crippen LogP contribution in [0.5, 0.6) is 0 Å². The Morgan fingerprint density at radius 2 is 1.70 bits per heavy atom. The summed E-state index contributed by atoms with van der Waals surface area (Å²) in [4.78, 5) is 0. The van der Waals surface area contributed by atoms with Crippen LogP contribution in [0.15, 0.2) is 66.7 Å². The first-order chi connectivity index (χ1) is 12.1. The van der Waals surface area contributed by atoms with E-state index >= 15 is 0 Å². The Morgan fingerprint density at radius 1 is 1.07 bits per heavy atom. The van der Waals surface area contributed by atoms with E-state index in [0.717, 1.165) is 6.42 Å². The van der Waals surface area contributed by atoms with Crippen LogP contribution < -0.4 is 24.8 Å². The van der Waals surface area contributed by atoms with E-state index in [1.807, 2.05) is 36.4 Å². The van der Waals surface area contributed by atoms with Gasteiger partial charge in [0.1, 0.15) is 0 Å². The first kappa shape index (κ1) is 26.1. The zero-order valence-corrected chi connectivity index (χ0v) is 19.9. The molecule has 0 unspecified atom stereocenters. The molecule has 0 bridgehead atoms. The molecule has 0 saturated heterocycles. The summed E-state index contributed by atoms with van der Waals surface area (Å²) in [6.45, 7) is 4.92. The van der Waals surface area contributed by atoms with Crippen molar-refractivity contribution >= 4 is 3.21 Å². The first-order valence-electron chi connectivity index (χ1n) is 8.41. The summed E-state index contributed by atoms with van der Waals surface area (Å²) in [7, 11) is 1.74. The van der Waals surface area contributed by atoms with Gasteiger partial charge in [0.05, 0.1) is 0 Å². The standard InChI is InChI=1S/C15H13O.C5H5.C3H6.2ClH.Zr/c1-16-10-13-7-4-6-12-9-11-5-2-3-8-14(11)15(12)13;1-2-4-5-3-1;1-3-2;;;/h2-5,7-8H,9-10H2,1H3;1-5H;1-2H3;2*1H;/q2*-1;;;;+2/p-2. The molecule has 1 aliphatic carbocycles. The zero-order chi connectivity index (χ0) is 18.1. The van der Waals surface area contributed by atoms with Crippen LogP contribution in [0.2, 0.25) is 0 Å². The maximum Gasteiger partial charge on any atom is -0.172 e. The van der Waals surface area contributed by atoms with Crippen LogP contribution in [0.1, 0.15) is 30.5 Å². The number of ether oxygens (including phenoxy) is 1. The van der Waals surface area contributed by atoms with Crippen molar-refractivity contribution in [2.45, 2.75) is 26.9 Å². The van der Waals surface area contributed by atoms with E-state index in [2.05, 4.69) is 50.2 Å². The quantitative estimate of drug-likeness (QED) is 0.349. The minimum absolute atomic E-state index is 0. The van der Waals surface area contributed by atoms with Gasteiger partial charge in [0.25, 0.3) is 0 Å². The van der Waals surface area contributed by atoms with Crippen molar-refractivity contribution in [2.75, 3.05) is 7.11 Å². The summed E-state index contributed by atoms with van der Waals surface area (Å²) >= 11 is 1.55. The molecule has 4 heteroatoms. The van der Waals surface area contributed by atoms with Crippen molar-refractivity contribution in [3.05, 3.63) is 89.5 Å². The fraction of sp³-hybridized carbons (Fsp3) is 0.217. The number of hydrogen-bond acceptors (Lipinski definition) is 1. The molecule has 27 heavy (non-hydrogen) atoms. The minimum atomic E-state index is 0. The zero-order valence-electron chi connectivity index (χ0n) is 15.9. The molecular weight excluding hydrogens is 454 g/mol. The van der Waals surface area contributed by atoms with E-state index in [-0.39, 0.29) is 24.8 Å². The van der Waals surface area contributed by atoms with Gasteiger partial charge >= 0.3 is 41.3 Å². The molecule has 1 nitrogen and oxygen atoms in total. The number of halogens is 2. The van der Waals surface area contributed by atoms with E-state index in [4.69, 9.17) is 4.74 Å². The molecule has 0 radical (unpaired) electrons. The number of methoxy groups -OCH3 is 1. The van der Waals surface area contributed by atoms with Crippen LogP contribution >= 0.6 is 0 Å². The average Bonchev–Trinajstić information content (AvgIpc) is 3.26. The Bertz CT molecular complexity index is 777. The van der Waals surface area contributed by atoms with Gasteiger partial charge in [-0.25, -0.2) is 12.1 Å². The van der Waals surface area contributed by atoms with E-state index < -0.39 is 0 Å². The van der Waals surface area contributed by atoms with Gasteiger partial charge in [-0.3, -0.25) is 0 Å². The average molecular weight is 479 g/mol. The molecule has 0 fully saturated rings. The minimum Gasteiger partial charge on any atom is -1.00 e. The van der Waals surface area contributed by atoms with E-state index in [1.165, 1.54) is 31.0 Å². The van der Waals surface area contributed by atoms with Crippen molar-refractivity contribution in [1.29, 1.82) is 0 Å². The van der Waals surface area contributed by atoms with Crippen molar-refractivity contribution in [3.63, 3.8) is 0 Å². The third-order valence-corrected chi connectivity index (χ3v) is 3.67. The molecule has 0 amide bonds. The molecule has 0 N–H and O–H groups in total. The van der Waals surface area contributed by atoms with Crippen LogP contribution in [-0.4, -0.2) is 10.3 Å². The van der Waals surface area contributed by atoms with Gasteiger partial charge in [-0.1, -0.05) is 35.4 Å². The second-order valence-electron chi connectivity index (χ2n) is 6.09. The van der Waals surface area contributed by atoms with Gasteiger partial charge in [-0.05, 0) is 6.42 Å². The fourth-order valence-corrected chi connectivity index (χ4v) is 2.77. The van der Waals surface area contributed by atoms with Crippen molar-refractivity contribution in [3.8, 4) is 11.1 Å². The SMILES string of the molecule is COCc1cc[c-]c2c1-c1ccccc1C2.C[C](C)=[Zr+2].[Cl-].[Cl-].c1cc[cH-]c1. The Hall–Kier alpha value is -0.917. The number of fused-ring (bicyclic) bond motifs is 3. The summed E-state index contributed by atoms with van der Waals surface area (Å²) in [5.74, 6) is 0. The summed E-state index contributed by atoms with van der Waals surface area (Å²) in [6.07, 6.45) is 1.00. The number of hydrogen-bond donors (Lipinski definition) is 0. The predicted octanol–water partition coefficient (Wildman–Crippen LogP) is -0.637. The van der Waals surface area contributed by atoms with Gasteiger partial charge in [-0.2, -0.15) is 36.4 Å². The Morgan fingerprint density at radius 3 is 2.26 bits per heavy atom. The predicted molar refractivity (Wildman–Crippen MR) is 103 cm³/mol. The van der Waals surface area contributed by atoms with Crippen molar-refractivity contribution in [2.24, 2.45) is 0 Å². The van der Waals surface area contributed by atoms with Gasteiger partial charge in [-0.15, -0.1) is 16.7 Å². The van der Waals surface area contributed by atoms with Gasteiger partial charge in [0, 0.05) is 13.7 Å². The van der Waals surface area contributed by atoms with Gasteiger partial charge < -0.3 is 29.6 Å². The first-order valence-corrected chi connectivity index (χ1v) is 9.64. The van der Waals surface area contributed by atoms with Crippen LogP contribution in [0.4, 0.5) is 0 Å². The maximum atomic E-state index is 5.25. The molecule has 1 aliphatic rings. The second kappa shape index (κ2) is 14.1. The molecule has 0 aliphatic heterocycles. The second-order valence-corrected chi connectivity index (χ2v) is 8.54. The topological polar surface area (TPSA) is 9.23 Å². The maximum absolute atomic E-state index is 5.25. The fourth-order valence-electron chi connectivity index (χ4n) is 2.77. The Kier molecular flexibility index (Phi) is 13.7. The number of rotatable bonds is 2. The molecule has 0 atom stereocenters. The molecule has 4 rings (SSSR count). The molecule has 0 spiro atoms. The Labute approximate surface area is 190 Å². The molecule has 142 valence electrons. The van der Waals surface area contributed by atoms with Crippen molar-refractivity contribution < 1.29 is 53.8 Å². The molecule has 3 aromatic carbocycles. The van der Waals surface area contributed by atoms with Crippen LogP contribution in [0, 0.1) is 6.07 Å². The smallest absolute Gasteiger partial charge is 0.172 e. The van der Waals surface area contributed by atoms with Crippen LogP contribution in [0.3, 0.4) is 0 Å². The largest absolute Gasteiger partial charge is 1.00 e. The summed E-state index contributed by atoms with van der Waals surface area (Å²) in [5, 5.41) is 0. The summed E-state index contributed by atoms with van der Waals surface area (Å²) < 4.78 is 6.76. The third-order valence-electron chi connectivity index (χ3n) is 3.67. The van der Waals surface area contributed by atoms with Crippen LogP contribution in [-0.2, 0) is 42.0 Å². The third kappa shape index (κ3) is 8.32. The molecular formula is C23H24Cl2OZr-2. The summed E-state index contributed by atoms with van der Waals surface area (Å²) in [6, 6.07) is 26.0. The van der Waals surface area contributed by atoms with E-state index in [9.17, 15) is 0 Å². The molecule has 0 saturated carbocycles. The van der Waals surface area contributed by atoms with Crippen molar-refractivity contribution in [1.82, 2.24) is 0 Å². The van der Waals surface area contributed by atoms with Gasteiger partial charge in [0.15, 0.2) is 0 Å². The molecule has 0 heterocycles. The summed E-state index contributed by atoms with van der Waals surface area (Å²) in [5.41, 5.74) is 6.65. The normalized spacial score (nSPS) is 9.81. The molecule has 0 aromatic heterocycles. The van der Waals surface area contributed by atoms with Crippen LogP contribution in [0.25, 0.3) is 11.1 Å². The van der Waals surface area contributed by atoms with E-state index in [1.54, 1.807) is 31.3 Å². The number of benzene rings is 2. The van der Waals surface area contributed by atoms with Gasteiger partial charge in [0.2, 0.25) is 0 Å². The van der Waals surface area contributed by atoms with E-state index in [0.29, 0.717) is 6.61 Å².